The second-order valence-corrected chi connectivity index (χ2v) is 27.3. The third-order valence-electron chi connectivity index (χ3n) is 14.5. The average molecular weight is 1060 g/mol. The van der Waals surface area contributed by atoms with Crippen LogP contribution < -0.4 is 18.9 Å². The summed E-state index contributed by atoms with van der Waals surface area (Å²) in [5.41, 5.74) is 16.0. The standard InChI is InChI=1S/C68H86O6S2/c1-65(2,3)57-37-49-33-53-41-59(67(7,8)9)43-55(63(53)73-45-47-19-15-13-16-20-47)35-51-39-58(66(4,5)6)40-52-36-56-44-60(68(10,11)12)42-54(64(56)74-46-48-21-17-14-18-22-48)34-50(38-57)61(49)71-27-31-75-29-25-69-23-24-70-26-30-76-32-28-72-62(51)52/h13-22,37-44H,23-36,45-46H2,1-12H3. The van der Waals surface area contributed by atoms with Crippen LogP contribution in [-0.4, -0.2) is 62.7 Å². The second kappa shape index (κ2) is 25.3. The summed E-state index contributed by atoms with van der Waals surface area (Å²) in [5.74, 6) is 7.19. The molecule has 0 radical (unpaired) electrons. The number of benzene rings is 6. The molecule has 1 heterocycles. The normalized spacial score (nSPS) is 15.8. The Morgan fingerprint density at radius 1 is 0.355 bits per heavy atom. The van der Waals surface area contributed by atoms with E-state index in [2.05, 4.69) is 192 Å². The van der Waals surface area contributed by atoms with Gasteiger partial charge in [0.15, 0.2) is 0 Å². The minimum absolute atomic E-state index is 0.148. The van der Waals surface area contributed by atoms with E-state index in [0.717, 1.165) is 102 Å². The molecule has 8 rings (SSSR count). The van der Waals surface area contributed by atoms with Crippen molar-refractivity contribution in [1.82, 2.24) is 0 Å². The molecular weight excluding hydrogens is 977 g/mol. The van der Waals surface area contributed by atoms with E-state index in [0.29, 0.717) is 78.5 Å². The Kier molecular flexibility index (Phi) is 19.1. The van der Waals surface area contributed by atoms with Gasteiger partial charge in [0.1, 0.15) is 36.2 Å². The minimum atomic E-state index is -0.151. The van der Waals surface area contributed by atoms with Crippen LogP contribution in [0.4, 0.5) is 0 Å². The zero-order valence-electron chi connectivity index (χ0n) is 48.0. The van der Waals surface area contributed by atoms with E-state index in [1.54, 1.807) is 0 Å². The zero-order valence-corrected chi connectivity index (χ0v) is 49.6. The molecule has 0 N–H and O–H groups in total. The predicted molar refractivity (Wildman–Crippen MR) is 321 cm³/mol. The number of hydrogen-bond acceptors (Lipinski definition) is 8. The van der Waals surface area contributed by atoms with Crippen LogP contribution in [0.5, 0.6) is 23.0 Å². The first-order valence-electron chi connectivity index (χ1n) is 27.8. The lowest BCUT2D eigenvalue weighted by Gasteiger charge is -2.29. The maximum absolute atomic E-state index is 7.29. The predicted octanol–water partition coefficient (Wildman–Crippen LogP) is 16.0. The van der Waals surface area contributed by atoms with Crippen molar-refractivity contribution in [3.05, 3.63) is 187 Å². The Morgan fingerprint density at radius 3 is 0.921 bits per heavy atom. The van der Waals surface area contributed by atoms with Gasteiger partial charge in [-0.3, -0.25) is 0 Å². The molecule has 0 atom stereocenters. The Balaban J connectivity index is 1.46. The summed E-state index contributed by atoms with van der Waals surface area (Å²) in [6.45, 7) is 32.5. The van der Waals surface area contributed by atoms with Crippen molar-refractivity contribution in [2.45, 2.75) is 144 Å². The van der Waals surface area contributed by atoms with Gasteiger partial charge in [-0.1, -0.05) is 192 Å². The van der Waals surface area contributed by atoms with Crippen LogP contribution in [0.25, 0.3) is 0 Å². The monoisotopic (exact) mass is 1060 g/mol. The van der Waals surface area contributed by atoms with Gasteiger partial charge in [-0.25, -0.2) is 0 Å². The fourth-order valence-corrected chi connectivity index (χ4v) is 11.3. The van der Waals surface area contributed by atoms with Crippen molar-refractivity contribution in [3.63, 3.8) is 0 Å². The van der Waals surface area contributed by atoms with Crippen molar-refractivity contribution >= 4 is 23.5 Å². The van der Waals surface area contributed by atoms with Gasteiger partial charge in [0.2, 0.25) is 0 Å². The molecular formula is C68H86O6S2. The average Bonchev–Trinajstić information content (AvgIpc) is 3.35. The molecule has 6 nitrogen and oxygen atoms in total. The summed E-state index contributed by atoms with van der Waals surface area (Å²) in [6.07, 6.45) is 2.48. The Hall–Kier alpha value is -4.86. The third-order valence-corrected chi connectivity index (χ3v) is 16.3. The first kappa shape index (κ1) is 57.3. The summed E-state index contributed by atoms with van der Waals surface area (Å²) < 4.78 is 41.2. The van der Waals surface area contributed by atoms with Gasteiger partial charge in [0, 0.05) is 48.7 Å². The summed E-state index contributed by atoms with van der Waals surface area (Å²) in [4.78, 5) is 0. The van der Waals surface area contributed by atoms with Gasteiger partial charge in [-0.05, 0) is 99.5 Å². The second-order valence-electron chi connectivity index (χ2n) is 24.9. The summed E-state index contributed by atoms with van der Waals surface area (Å²) >= 11 is 3.74. The van der Waals surface area contributed by atoms with Crippen LogP contribution in [0, 0.1) is 0 Å². The number of rotatable bonds is 6. The van der Waals surface area contributed by atoms with Gasteiger partial charge in [-0.2, -0.15) is 23.5 Å². The molecule has 0 aromatic heterocycles. The van der Waals surface area contributed by atoms with Gasteiger partial charge >= 0.3 is 0 Å². The SMILES string of the molecule is CC(C)(C)c1cc2c3c(c1)Cc1cc(C(C)(C)C)cc(c1OCc1ccccc1)Cc1cc(C(C)(C)C)cc(c1OCCSCCOCCOCCSCCO3)Cc1cc(C(C)(C)C)cc(c1OCc1ccccc1)C2. The molecule has 2 aliphatic rings. The first-order chi connectivity index (χ1) is 36.2. The molecule has 76 heavy (non-hydrogen) atoms. The molecule has 0 fully saturated rings. The van der Waals surface area contributed by atoms with E-state index in [-0.39, 0.29) is 21.7 Å². The van der Waals surface area contributed by atoms with E-state index in [4.69, 9.17) is 28.4 Å². The van der Waals surface area contributed by atoms with Gasteiger partial charge in [0.05, 0.1) is 39.6 Å². The van der Waals surface area contributed by atoms with Gasteiger partial charge < -0.3 is 28.4 Å². The van der Waals surface area contributed by atoms with E-state index in [9.17, 15) is 0 Å². The van der Waals surface area contributed by atoms with Crippen molar-refractivity contribution in [2.75, 3.05) is 62.7 Å². The molecule has 0 spiro atoms. The summed E-state index contributed by atoms with van der Waals surface area (Å²) in [6, 6.07) is 40.6. The third kappa shape index (κ3) is 15.5. The lowest BCUT2D eigenvalue weighted by atomic mass is 9.79. The lowest BCUT2D eigenvalue weighted by Crippen LogP contribution is -2.18. The van der Waals surface area contributed by atoms with E-state index in [1.807, 2.05) is 23.5 Å². The molecule has 6 aromatic carbocycles. The smallest absolute Gasteiger partial charge is 0.126 e. The van der Waals surface area contributed by atoms with Gasteiger partial charge in [-0.15, -0.1) is 0 Å². The highest BCUT2D eigenvalue weighted by atomic mass is 32.2. The zero-order chi connectivity index (χ0) is 54.1. The van der Waals surface area contributed by atoms with Crippen molar-refractivity contribution in [2.24, 2.45) is 0 Å². The first-order valence-corrected chi connectivity index (χ1v) is 30.1. The van der Waals surface area contributed by atoms with E-state index >= 15 is 0 Å². The lowest BCUT2D eigenvalue weighted by molar-refractivity contribution is 0.0605. The topological polar surface area (TPSA) is 55.4 Å². The van der Waals surface area contributed by atoms with E-state index in [1.165, 1.54) is 22.3 Å². The Morgan fingerprint density at radius 2 is 0.632 bits per heavy atom. The number of hydrogen-bond donors (Lipinski definition) is 0. The number of thioether (sulfide) groups is 2. The molecule has 0 amide bonds. The number of ether oxygens (including phenoxy) is 6. The molecule has 1 aliphatic carbocycles. The van der Waals surface area contributed by atoms with Crippen molar-refractivity contribution in [3.8, 4) is 23.0 Å². The highest BCUT2D eigenvalue weighted by Crippen LogP contribution is 2.45. The molecule has 0 unspecified atom stereocenters. The van der Waals surface area contributed by atoms with Crippen LogP contribution in [0.15, 0.2) is 109 Å². The van der Waals surface area contributed by atoms with Crippen LogP contribution in [0.3, 0.4) is 0 Å². The van der Waals surface area contributed by atoms with Crippen molar-refractivity contribution in [1.29, 1.82) is 0 Å². The molecule has 8 heteroatoms. The highest BCUT2D eigenvalue weighted by Gasteiger charge is 2.30. The van der Waals surface area contributed by atoms with Crippen LogP contribution in [0.1, 0.15) is 161 Å². The van der Waals surface area contributed by atoms with Crippen LogP contribution >= 0.6 is 23.5 Å². The summed E-state index contributed by atoms with van der Waals surface area (Å²) in [7, 11) is 0. The Labute approximate surface area is 465 Å². The minimum Gasteiger partial charge on any atom is -0.492 e. The molecule has 0 saturated carbocycles. The number of fused-ring (bicyclic) bond motifs is 2. The summed E-state index contributed by atoms with van der Waals surface area (Å²) in [5, 5.41) is 0. The quantitative estimate of drug-likeness (QED) is 0.163. The van der Waals surface area contributed by atoms with Gasteiger partial charge in [0.25, 0.3) is 0 Å². The Bertz CT molecular complexity index is 2570. The molecule has 406 valence electrons. The highest BCUT2D eigenvalue weighted by molar-refractivity contribution is 7.99. The fraction of sp³-hybridized carbons (Fsp3) is 0.471. The van der Waals surface area contributed by atoms with Crippen molar-refractivity contribution < 1.29 is 28.4 Å². The molecule has 1 aliphatic heterocycles. The fourth-order valence-electron chi connectivity index (χ4n) is 9.99. The maximum Gasteiger partial charge on any atom is 0.126 e. The van der Waals surface area contributed by atoms with Crippen LogP contribution in [-0.2, 0) is 70.0 Å². The van der Waals surface area contributed by atoms with Crippen LogP contribution in [0.2, 0.25) is 0 Å². The molecule has 0 saturated heterocycles. The molecule has 6 aromatic rings. The van der Waals surface area contributed by atoms with E-state index < -0.39 is 0 Å². The largest absolute Gasteiger partial charge is 0.492 e. The molecule has 10 bridgehead atoms. The maximum atomic E-state index is 7.29.